The van der Waals surface area contributed by atoms with E-state index in [0.717, 1.165) is 35.1 Å². The first-order valence-electron chi connectivity index (χ1n) is 8.21. The van der Waals surface area contributed by atoms with Crippen LogP contribution in [0.15, 0.2) is 24.3 Å². The first-order valence-corrected chi connectivity index (χ1v) is 8.21. The quantitative estimate of drug-likeness (QED) is 0.810. The average molecular weight is 312 g/mol. The number of aromatic hydroxyl groups is 2. The van der Waals surface area contributed by atoms with Crippen molar-refractivity contribution in [3.8, 4) is 11.5 Å². The van der Waals surface area contributed by atoms with Crippen LogP contribution in [0.25, 0.3) is 0 Å². The monoisotopic (exact) mass is 312 g/mol. The number of hydrogen-bond acceptors (Lipinski definition) is 2. The van der Waals surface area contributed by atoms with Gasteiger partial charge in [0.1, 0.15) is 11.5 Å². The highest BCUT2D eigenvalue weighted by molar-refractivity contribution is 5.45. The Morgan fingerprint density at radius 1 is 0.739 bits per heavy atom. The fourth-order valence-electron chi connectivity index (χ4n) is 3.14. The van der Waals surface area contributed by atoms with E-state index in [4.69, 9.17) is 0 Å². The molecule has 0 radical (unpaired) electrons. The standard InChI is InChI=1S/C21H28O2/c1-13-9-17(10-14(2)19(13)22)7-8-21(5,6)18-11-15(3)20(23)16(4)12-18/h9-12,22-23H,7-8H2,1-6H3. The topological polar surface area (TPSA) is 40.5 Å². The number of aryl methyl sites for hydroxylation is 5. The number of rotatable bonds is 4. The molecule has 0 bridgehead atoms. The van der Waals surface area contributed by atoms with Gasteiger partial charge in [0.15, 0.2) is 0 Å². The average Bonchev–Trinajstić information content (AvgIpc) is 2.47. The number of phenols is 2. The molecule has 0 saturated carbocycles. The number of benzene rings is 2. The summed E-state index contributed by atoms with van der Waals surface area (Å²) in [4.78, 5) is 0. The van der Waals surface area contributed by atoms with Gasteiger partial charge in [-0.25, -0.2) is 0 Å². The van der Waals surface area contributed by atoms with Crippen LogP contribution in [0.5, 0.6) is 11.5 Å². The SMILES string of the molecule is Cc1cc(CCC(C)(C)c2cc(C)c(O)c(C)c2)cc(C)c1O. The van der Waals surface area contributed by atoms with Gasteiger partial charge in [-0.3, -0.25) is 0 Å². The number of phenolic OH excluding ortho intramolecular Hbond substituents is 2. The minimum Gasteiger partial charge on any atom is -0.507 e. The molecule has 2 heteroatoms. The maximum atomic E-state index is 9.97. The van der Waals surface area contributed by atoms with Gasteiger partial charge in [-0.2, -0.15) is 0 Å². The lowest BCUT2D eigenvalue weighted by Gasteiger charge is -2.27. The third kappa shape index (κ3) is 3.69. The van der Waals surface area contributed by atoms with Gasteiger partial charge in [0.25, 0.3) is 0 Å². The van der Waals surface area contributed by atoms with Gasteiger partial charge in [0.05, 0.1) is 0 Å². The zero-order chi connectivity index (χ0) is 17.4. The molecule has 0 aliphatic carbocycles. The third-order valence-corrected chi connectivity index (χ3v) is 4.86. The van der Waals surface area contributed by atoms with Crippen molar-refractivity contribution >= 4 is 0 Å². The second-order valence-corrected chi connectivity index (χ2v) is 7.42. The molecule has 23 heavy (non-hydrogen) atoms. The summed E-state index contributed by atoms with van der Waals surface area (Å²) in [6.07, 6.45) is 1.98. The molecule has 0 aliphatic heterocycles. The van der Waals surface area contributed by atoms with E-state index >= 15 is 0 Å². The van der Waals surface area contributed by atoms with Crippen LogP contribution in [0.1, 0.15) is 53.6 Å². The zero-order valence-corrected chi connectivity index (χ0v) is 15.1. The molecule has 2 N–H and O–H groups in total. The summed E-state index contributed by atoms with van der Waals surface area (Å²) in [7, 11) is 0. The van der Waals surface area contributed by atoms with E-state index in [9.17, 15) is 10.2 Å². The van der Waals surface area contributed by atoms with Crippen molar-refractivity contribution in [2.45, 2.75) is 59.8 Å². The van der Waals surface area contributed by atoms with Gasteiger partial charge in [-0.15, -0.1) is 0 Å². The summed E-state index contributed by atoms with van der Waals surface area (Å²) >= 11 is 0. The van der Waals surface area contributed by atoms with E-state index in [-0.39, 0.29) is 5.41 Å². The van der Waals surface area contributed by atoms with E-state index in [1.165, 1.54) is 11.1 Å². The lowest BCUT2D eigenvalue weighted by molar-refractivity contribution is 0.458. The van der Waals surface area contributed by atoms with Crippen molar-refractivity contribution in [3.05, 3.63) is 57.6 Å². The molecule has 0 atom stereocenters. The van der Waals surface area contributed by atoms with Crippen molar-refractivity contribution in [2.75, 3.05) is 0 Å². The third-order valence-electron chi connectivity index (χ3n) is 4.86. The van der Waals surface area contributed by atoms with Gasteiger partial charge in [0.2, 0.25) is 0 Å². The highest BCUT2D eigenvalue weighted by Crippen LogP contribution is 2.34. The summed E-state index contributed by atoms with van der Waals surface area (Å²) in [5, 5.41) is 19.9. The minimum absolute atomic E-state index is 0.0307. The molecule has 0 aromatic heterocycles. The van der Waals surface area contributed by atoms with Gasteiger partial charge < -0.3 is 10.2 Å². The number of hydrogen-bond donors (Lipinski definition) is 2. The van der Waals surface area contributed by atoms with E-state index in [1.54, 1.807) is 0 Å². The second-order valence-electron chi connectivity index (χ2n) is 7.42. The van der Waals surface area contributed by atoms with Crippen molar-refractivity contribution in [2.24, 2.45) is 0 Å². The highest BCUT2D eigenvalue weighted by atomic mass is 16.3. The first kappa shape index (κ1) is 17.4. The van der Waals surface area contributed by atoms with Crippen molar-refractivity contribution in [1.29, 1.82) is 0 Å². The lowest BCUT2D eigenvalue weighted by atomic mass is 9.78. The first-order chi connectivity index (χ1) is 10.6. The van der Waals surface area contributed by atoms with Crippen molar-refractivity contribution in [1.82, 2.24) is 0 Å². The Labute approximate surface area is 139 Å². The van der Waals surface area contributed by atoms with Crippen LogP contribution in [-0.2, 0) is 11.8 Å². The Morgan fingerprint density at radius 2 is 1.13 bits per heavy atom. The van der Waals surface area contributed by atoms with Crippen molar-refractivity contribution < 1.29 is 10.2 Å². The Bertz CT molecular complexity index is 681. The second kappa shape index (κ2) is 6.27. The normalized spacial score (nSPS) is 11.7. The molecule has 0 fully saturated rings. The van der Waals surface area contributed by atoms with Gasteiger partial charge >= 0.3 is 0 Å². The zero-order valence-electron chi connectivity index (χ0n) is 15.1. The molecule has 2 aromatic rings. The lowest BCUT2D eigenvalue weighted by Crippen LogP contribution is -2.18. The van der Waals surface area contributed by atoms with Gasteiger partial charge in [-0.05, 0) is 79.3 Å². The van der Waals surface area contributed by atoms with Crippen LogP contribution in [0.3, 0.4) is 0 Å². The molecule has 0 heterocycles. The smallest absolute Gasteiger partial charge is 0.121 e. The summed E-state index contributed by atoms with van der Waals surface area (Å²) in [5.41, 5.74) is 6.30. The van der Waals surface area contributed by atoms with Crippen LogP contribution >= 0.6 is 0 Å². The summed E-state index contributed by atoms with van der Waals surface area (Å²) in [5.74, 6) is 0.798. The van der Waals surface area contributed by atoms with E-state index < -0.39 is 0 Å². The predicted octanol–water partition coefficient (Wildman–Crippen LogP) is 5.24. The Hall–Kier alpha value is -1.96. The van der Waals surface area contributed by atoms with Crippen LogP contribution < -0.4 is 0 Å². The van der Waals surface area contributed by atoms with E-state index in [1.807, 2.05) is 27.7 Å². The van der Waals surface area contributed by atoms with Gasteiger partial charge in [0, 0.05) is 0 Å². The Balaban J connectivity index is 2.22. The van der Waals surface area contributed by atoms with Crippen LogP contribution in [0.2, 0.25) is 0 Å². The molecule has 0 spiro atoms. The van der Waals surface area contributed by atoms with E-state index in [2.05, 4.69) is 38.1 Å². The molecule has 124 valence electrons. The Morgan fingerprint density at radius 3 is 1.57 bits per heavy atom. The molecule has 2 nitrogen and oxygen atoms in total. The summed E-state index contributed by atoms with van der Waals surface area (Å²) in [6, 6.07) is 8.34. The molecule has 2 rings (SSSR count). The predicted molar refractivity (Wildman–Crippen MR) is 96.5 cm³/mol. The van der Waals surface area contributed by atoms with Crippen LogP contribution in [0, 0.1) is 27.7 Å². The molecule has 0 unspecified atom stereocenters. The molecule has 2 aromatic carbocycles. The highest BCUT2D eigenvalue weighted by Gasteiger charge is 2.22. The fraction of sp³-hybridized carbons (Fsp3) is 0.429. The molecular weight excluding hydrogens is 284 g/mol. The maximum Gasteiger partial charge on any atom is 0.121 e. The maximum absolute atomic E-state index is 9.97. The molecule has 0 aliphatic rings. The van der Waals surface area contributed by atoms with Crippen LogP contribution in [0.4, 0.5) is 0 Å². The Kier molecular flexibility index (Phi) is 4.74. The van der Waals surface area contributed by atoms with Gasteiger partial charge in [-0.1, -0.05) is 38.1 Å². The van der Waals surface area contributed by atoms with Crippen molar-refractivity contribution in [3.63, 3.8) is 0 Å². The minimum atomic E-state index is 0.0307. The van der Waals surface area contributed by atoms with E-state index in [0.29, 0.717) is 11.5 Å². The summed E-state index contributed by atoms with van der Waals surface area (Å²) in [6.45, 7) is 12.3. The largest absolute Gasteiger partial charge is 0.507 e. The fourth-order valence-corrected chi connectivity index (χ4v) is 3.14. The molecular formula is C21H28O2. The molecule has 0 saturated heterocycles. The van der Waals surface area contributed by atoms with Crippen LogP contribution in [-0.4, -0.2) is 10.2 Å². The molecule has 0 amide bonds. The summed E-state index contributed by atoms with van der Waals surface area (Å²) < 4.78 is 0.